The van der Waals surface area contributed by atoms with Gasteiger partial charge in [-0.05, 0) is 75.4 Å². The van der Waals surface area contributed by atoms with E-state index in [-0.39, 0.29) is 0 Å². The number of ether oxygens (including phenoxy) is 2. The topological polar surface area (TPSA) is 21.7 Å². The van der Waals surface area contributed by atoms with Crippen molar-refractivity contribution in [3.05, 3.63) is 58.1 Å². The summed E-state index contributed by atoms with van der Waals surface area (Å²) in [5.41, 5.74) is 2.40. The third kappa shape index (κ3) is 5.88. The Balaban J connectivity index is 2.01. The molecule has 0 unspecified atom stereocenters. The predicted octanol–water partition coefficient (Wildman–Crippen LogP) is 4.53. The molecule has 0 fully saturated rings. The molecule has 2 aromatic carbocycles. The third-order valence-corrected chi connectivity index (χ3v) is 4.15. The molecule has 124 valence electrons. The van der Waals surface area contributed by atoms with Crippen LogP contribution in [0.1, 0.15) is 17.5 Å². The minimum atomic E-state index is 0.506. The van der Waals surface area contributed by atoms with Gasteiger partial charge in [0.2, 0.25) is 0 Å². The molecule has 0 saturated carbocycles. The first-order valence-corrected chi connectivity index (χ1v) is 8.56. The van der Waals surface area contributed by atoms with Crippen molar-refractivity contribution in [1.82, 2.24) is 4.90 Å². The zero-order valence-electron chi connectivity index (χ0n) is 14.0. The van der Waals surface area contributed by atoms with Gasteiger partial charge < -0.3 is 14.4 Å². The molecule has 0 aliphatic heterocycles. The van der Waals surface area contributed by atoms with E-state index in [1.54, 1.807) is 7.11 Å². The minimum absolute atomic E-state index is 0.506. The Morgan fingerprint density at radius 1 is 1.04 bits per heavy atom. The summed E-state index contributed by atoms with van der Waals surface area (Å²) in [4.78, 5) is 2.21. The van der Waals surface area contributed by atoms with Crippen LogP contribution in [-0.2, 0) is 13.0 Å². The Morgan fingerprint density at radius 2 is 1.78 bits per heavy atom. The Bertz CT molecular complexity index is 611. The van der Waals surface area contributed by atoms with E-state index in [4.69, 9.17) is 9.47 Å². The Morgan fingerprint density at radius 3 is 2.43 bits per heavy atom. The highest BCUT2D eigenvalue weighted by Crippen LogP contribution is 2.23. The first-order valence-electron chi connectivity index (χ1n) is 7.77. The molecule has 23 heavy (non-hydrogen) atoms. The summed E-state index contributed by atoms with van der Waals surface area (Å²) < 4.78 is 12.4. The standard InChI is InChI=1S/C19H24BrNO2/c1-21(2)12-4-5-15-6-11-19(22-3)16(13-15)14-23-18-9-7-17(20)8-10-18/h6-11,13H,4-5,12,14H2,1-3H3. The van der Waals surface area contributed by atoms with Crippen LogP contribution in [0, 0.1) is 0 Å². The smallest absolute Gasteiger partial charge is 0.125 e. The Hall–Kier alpha value is -1.52. The number of aryl methyl sites for hydroxylation is 1. The van der Waals surface area contributed by atoms with Crippen molar-refractivity contribution in [1.29, 1.82) is 0 Å². The van der Waals surface area contributed by atoms with E-state index in [0.29, 0.717) is 6.61 Å². The van der Waals surface area contributed by atoms with Gasteiger partial charge >= 0.3 is 0 Å². The van der Waals surface area contributed by atoms with Crippen LogP contribution < -0.4 is 9.47 Å². The molecule has 0 N–H and O–H groups in total. The van der Waals surface area contributed by atoms with E-state index in [1.165, 1.54) is 5.56 Å². The second kappa shape index (κ2) is 8.94. The highest BCUT2D eigenvalue weighted by atomic mass is 79.9. The Kier molecular flexibility index (Phi) is 6.93. The van der Waals surface area contributed by atoms with Gasteiger partial charge in [-0.3, -0.25) is 0 Å². The van der Waals surface area contributed by atoms with Crippen LogP contribution in [0.4, 0.5) is 0 Å². The van der Waals surface area contributed by atoms with E-state index in [9.17, 15) is 0 Å². The summed E-state index contributed by atoms with van der Waals surface area (Å²) in [6.45, 7) is 1.60. The van der Waals surface area contributed by atoms with Crippen LogP contribution in [0.3, 0.4) is 0 Å². The van der Waals surface area contributed by atoms with E-state index in [2.05, 4.69) is 47.1 Å². The van der Waals surface area contributed by atoms with Crippen molar-refractivity contribution in [2.45, 2.75) is 19.4 Å². The second-order valence-electron chi connectivity index (χ2n) is 5.80. The lowest BCUT2D eigenvalue weighted by atomic mass is 10.1. The predicted molar refractivity (Wildman–Crippen MR) is 98.3 cm³/mol. The summed E-state index contributed by atoms with van der Waals surface area (Å²) in [7, 11) is 5.90. The number of rotatable bonds is 8. The van der Waals surface area contributed by atoms with Crippen molar-refractivity contribution in [3.8, 4) is 11.5 Å². The molecule has 3 nitrogen and oxygen atoms in total. The molecule has 0 spiro atoms. The maximum atomic E-state index is 5.88. The molecule has 0 heterocycles. The fourth-order valence-corrected chi connectivity index (χ4v) is 2.66. The maximum absolute atomic E-state index is 5.88. The zero-order valence-corrected chi connectivity index (χ0v) is 15.6. The number of hydrogen-bond donors (Lipinski definition) is 0. The molecule has 0 atom stereocenters. The van der Waals surface area contributed by atoms with Gasteiger partial charge in [-0.2, -0.15) is 0 Å². The summed E-state index contributed by atoms with van der Waals surface area (Å²) in [6, 6.07) is 14.2. The molecular formula is C19H24BrNO2. The van der Waals surface area contributed by atoms with Gasteiger partial charge in [0.05, 0.1) is 7.11 Å². The van der Waals surface area contributed by atoms with Gasteiger partial charge in [0.1, 0.15) is 18.1 Å². The zero-order chi connectivity index (χ0) is 16.7. The molecule has 0 aromatic heterocycles. The molecular weight excluding hydrogens is 354 g/mol. The lowest BCUT2D eigenvalue weighted by Gasteiger charge is -2.13. The molecule has 0 amide bonds. The Labute approximate surface area is 147 Å². The number of methoxy groups -OCH3 is 1. The highest BCUT2D eigenvalue weighted by molar-refractivity contribution is 9.10. The molecule has 0 aliphatic carbocycles. The van der Waals surface area contributed by atoms with Gasteiger partial charge in [0.15, 0.2) is 0 Å². The molecule has 2 rings (SSSR count). The van der Waals surface area contributed by atoms with Gasteiger partial charge in [0, 0.05) is 10.0 Å². The molecule has 4 heteroatoms. The average Bonchev–Trinajstić information content (AvgIpc) is 2.54. The fourth-order valence-electron chi connectivity index (χ4n) is 2.39. The van der Waals surface area contributed by atoms with Crippen molar-refractivity contribution < 1.29 is 9.47 Å². The van der Waals surface area contributed by atoms with Crippen molar-refractivity contribution >= 4 is 15.9 Å². The number of halogens is 1. The quantitative estimate of drug-likeness (QED) is 0.674. The van der Waals surface area contributed by atoms with Crippen molar-refractivity contribution in [2.24, 2.45) is 0 Å². The van der Waals surface area contributed by atoms with E-state index in [1.807, 2.05) is 30.3 Å². The molecule has 0 bridgehead atoms. The second-order valence-corrected chi connectivity index (χ2v) is 6.71. The van der Waals surface area contributed by atoms with Gasteiger partial charge in [0.25, 0.3) is 0 Å². The van der Waals surface area contributed by atoms with E-state index in [0.717, 1.165) is 40.9 Å². The van der Waals surface area contributed by atoms with Crippen LogP contribution in [0.2, 0.25) is 0 Å². The summed E-state index contributed by atoms with van der Waals surface area (Å²) >= 11 is 3.43. The third-order valence-electron chi connectivity index (χ3n) is 3.62. The summed E-state index contributed by atoms with van der Waals surface area (Å²) in [5.74, 6) is 1.73. The van der Waals surface area contributed by atoms with Crippen LogP contribution >= 0.6 is 15.9 Å². The fraction of sp³-hybridized carbons (Fsp3) is 0.368. The van der Waals surface area contributed by atoms with Crippen molar-refractivity contribution in [3.63, 3.8) is 0 Å². The summed E-state index contributed by atoms with van der Waals surface area (Å²) in [5, 5.41) is 0. The van der Waals surface area contributed by atoms with Crippen LogP contribution in [-0.4, -0.2) is 32.6 Å². The largest absolute Gasteiger partial charge is 0.496 e. The van der Waals surface area contributed by atoms with Crippen LogP contribution in [0.5, 0.6) is 11.5 Å². The van der Waals surface area contributed by atoms with E-state index >= 15 is 0 Å². The summed E-state index contributed by atoms with van der Waals surface area (Å²) in [6.07, 6.45) is 2.21. The molecule has 2 aromatic rings. The number of nitrogens with zero attached hydrogens (tertiary/aromatic N) is 1. The first-order chi connectivity index (χ1) is 11.1. The maximum Gasteiger partial charge on any atom is 0.125 e. The molecule has 0 saturated heterocycles. The highest BCUT2D eigenvalue weighted by Gasteiger charge is 2.06. The first kappa shape index (κ1) is 17.8. The van der Waals surface area contributed by atoms with E-state index < -0.39 is 0 Å². The van der Waals surface area contributed by atoms with Gasteiger partial charge in [-0.25, -0.2) is 0 Å². The van der Waals surface area contributed by atoms with Gasteiger partial charge in [-0.1, -0.05) is 22.0 Å². The lowest BCUT2D eigenvalue weighted by molar-refractivity contribution is 0.296. The van der Waals surface area contributed by atoms with Gasteiger partial charge in [-0.15, -0.1) is 0 Å². The molecule has 0 radical (unpaired) electrons. The lowest BCUT2D eigenvalue weighted by Crippen LogP contribution is -2.13. The normalized spacial score (nSPS) is 10.8. The SMILES string of the molecule is COc1ccc(CCCN(C)C)cc1COc1ccc(Br)cc1. The van der Waals surface area contributed by atoms with Crippen LogP contribution in [0.25, 0.3) is 0 Å². The minimum Gasteiger partial charge on any atom is -0.496 e. The van der Waals surface area contributed by atoms with Crippen LogP contribution in [0.15, 0.2) is 46.9 Å². The monoisotopic (exact) mass is 377 g/mol. The number of hydrogen-bond acceptors (Lipinski definition) is 3. The number of benzene rings is 2. The average molecular weight is 378 g/mol. The molecule has 0 aliphatic rings. The van der Waals surface area contributed by atoms with Crippen molar-refractivity contribution in [2.75, 3.05) is 27.7 Å².